The second-order valence-electron chi connectivity index (χ2n) is 4.84. The standard InChI is InChI=1S/C12H21ClN2O2S/c1-8(2)18(16,17)7-6-15-11(5)12(9(3)13)10(4)14-15/h8-9H,6-7H2,1-5H3. The van der Waals surface area contributed by atoms with Crippen LogP contribution >= 0.6 is 11.6 Å². The monoisotopic (exact) mass is 292 g/mol. The van der Waals surface area contributed by atoms with E-state index >= 15 is 0 Å². The van der Waals surface area contributed by atoms with Gasteiger partial charge in [-0.2, -0.15) is 5.10 Å². The van der Waals surface area contributed by atoms with Crippen LogP contribution in [0.25, 0.3) is 0 Å². The third-order valence-corrected chi connectivity index (χ3v) is 5.55. The number of hydrogen-bond acceptors (Lipinski definition) is 3. The number of sulfone groups is 1. The maximum Gasteiger partial charge on any atom is 0.154 e. The van der Waals surface area contributed by atoms with Gasteiger partial charge in [-0.15, -0.1) is 11.6 Å². The molecule has 1 unspecified atom stereocenters. The Kier molecular flexibility index (Phi) is 4.84. The van der Waals surface area contributed by atoms with Crippen LogP contribution in [-0.4, -0.2) is 29.2 Å². The summed E-state index contributed by atoms with van der Waals surface area (Å²) in [5, 5.41) is 3.90. The van der Waals surface area contributed by atoms with Gasteiger partial charge in [0.1, 0.15) is 0 Å². The molecule has 0 aliphatic rings. The van der Waals surface area contributed by atoms with Crippen molar-refractivity contribution >= 4 is 21.4 Å². The van der Waals surface area contributed by atoms with Gasteiger partial charge in [0.05, 0.1) is 28.6 Å². The molecule has 0 saturated carbocycles. The van der Waals surface area contributed by atoms with Crippen LogP contribution in [0.1, 0.15) is 43.1 Å². The van der Waals surface area contributed by atoms with Crippen LogP contribution in [0.15, 0.2) is 0 Å². The van der Waals surface area contributed by atoms with Crippen molar-refractivity contribution < 1.29 is 8.42 Å². The molecule has 0 fully saturated rings. The highest BCUT2D eigenvalue weighted by atomic mass is 35.5. The number of rotatable bonds is 5. The summed E-state index contributed by atoms with van der Waals surface area (Å²) in [5.74, 6) is 0.114. The first-order valence-corrected chi connectivity index (χ1v) is 8.21. The molecule has 0 saturated heterocycles. The van der Waals surface area contributed by atoms with E-state index in [9.17, 15) is 8.42 Å². The highest BCUT2D eigenvalue weighted by molar-refractivity contribution is 7.91. The minimum atomic E-state index is -3.03. The Morgan fingerprint density at radius 2 is 1.83 bits per heavy atom. The van der Waals surface area contributed by atoms with E-state index < -0.39 is 9.84 Å². The van der Waals surface area contributed by atoms with Crippen molar-refractivity contribution in [2.24, 2.45) is 0 Å². The average Bonchev–Trinajstić information content (AvgIpc) is 2.50. The van der Waals surface area contributed by atoms with Crippen LogP contribution in [0.3, 0.4) is 0 Å². The minimum absolute atomic E-state index is 0.111. The molecule has 0 bridgehead atoms. The number of aryl methyl sites for hydroxylation is 2. The van der Waals surface area contributed by atoms with Gasteiger partial charge in [0.25, 0.3) is 0 Å². The summed E-state index contributed by atoms with van der Waals surface area (Å²) in [5.41, 5.74) is 2.82. The van der Waals surface area contributed by atoms with Crippen LogP contribution in [0.2, 0.25) is 0 Å². The van der Waals surface area contributed by atoms with Crippen LogP contribution in [0, 0.1) is 13.8 Å². The normalized spacial score (nSPS) is 14.2. The Labute approximate surface area is 114 Å². The summed E-state index contributed by atoms with van der Waals surface area (Å²) in [4.78, 5) is 0. The van der Waals surface area contributed by atoms with Crippen LogP contribution < -0.4 is 0 Å². The molecular formula is C12H21ClN2O2S. The highest BCUT2D eigenvalue weighted by Crippen LogP contribution is 2.26. The molecule has 6 heteroatoms. The van der Waals surface area contributed by atoms with Crippen molar-refractivity contribution in [2.75, 3.05) is 5.75 Å². The van der Waals surface area contributed by atoms with E-state index in [1.807, 2.05) is 20.8 Å². The van der Waals surface area contributed by atoms with Gasteiger partial charge in [-0.1, -0.05) is 0 Å². The summed E-state index contributed by atoms with van der Waals surface area (Å²) in [6.07, 6.45) is 0. The van der Waals surface area contributed by atoms with E-state index in [1.165, 1.54) is 0 Å². The zero-order valence-corrected chi connectivity index (χ0v) is 13.1. The van der Waals surface area contributed by atoms with E-state index in [4.69, 9.17) is 11.6 Å². The number of nitrogens with zero attached hydrogens (tertiary/aromatic N) is 2. The van der Waals surface area contributed by atoms with Crippen molar-refractivity contribution in [1.82, 2.24) is 9.78 Å². The zero-order valence-electron chi connectivity index (χ0n) is 11.6. The third kappa shape index (κ3) is 3.26. The molecular weight excluding hydrogens is 272 g/mol. The molecule has 4 nitrogen and oxygen atoms in total. The van der Waals surface area contributed by atoms with Gasteiger partial charge in [0.15, 0.2) is 9.84 Å². The predicted octanol–water partition coefficient (Wildman–Crippen LogP) is 2.62. The van der Waals surface area contributed by atoms with Gasteiger partial charge in [-0.05, 0) is 34.6 Å². The maximum absolute atomic E-state index is 11.8. The van der Waals surface area contributed by atoms with Crippen molar-refractivity contribution in [2.45, 2.75) is 51.8 Å². The molecule has 1 heterocycles. The first-order valence-electron chi connectivity index (χ1n) is 6.06. The summed E-state index contributed by atoms with van der Waals surface area (Å²) in [6, 6.07) is 0. The molecule has 0 aliphatic carbocycles. The van der Waals surface area contributed by atoms with E-state index in [0.717, 1.165) is 17.0 Å². The maximum atomic E-state index is 11.8. The fourth-order valence-corrected chi connectivity index (χ4v) is 3.17. The lowest BCUT2D eigenvalue weighted by molar-refractivity contribution is 0.568. The fourth-order valence-electron chi connectivity index (χ4n) is 1.95. The van der Waals surface area contributed by atoms with Gasteiger partial charge >= 0.3 is 0 Å². The Balaban J connectivity index is 2.91. The number of aromatic nitrogens is 2. The molecule has 1 aromatic rings. The zero-order chi connectivity index (χ0) is 14.1. The van der Waals surface area contributed by atoms with Crippen molar-refractivity contribution in [3.8, 4) is 0 Å². The molecule has 0 aliphatic heterocycles. The lowest BCUT2D eigenvalue weighted by Gasteiger charge is -2.09. The van der Waals surface area contributed by atoms with E-state index in [-0.39, 0.29) is 16.4 Å². The first-order chi connectivity index (χ1) is 8.16. The largest absolute Gasteiger partial charge is 0.268 e. The van der Waals surface area contributed by atoms with Crippen LogP contribution in [0.5, 0.6) is 0 Å². The summed E-state index contributed by atoms with van der Waals surface area (Å²) in [6.45, 7) is 9.50. The third-order valence-electron chi connectivity index (χ3n) is 3.14. The molecule has 0 N–H and O–H groups in total. The molecule has 0 spiro atoms. The Hall–Kier alpha value is -0.550. The smallest absolute Gasteiger partial charge is 0.154 e. The molecule has 18 heavy (non-hydrogen) atoms. The lowest BCUT2D eigenvalue weighted by atomic mass is 10.1. The second kappa shape index (κ2) is 5.61. The number of hydrogen-bond donors (Lipinski definition) is 0. The van der Waals surface area contributed by atoms with Gasteiger partial charge in [-0.25, -0.2) is 8.42 Å². The van der Waals surface area contributed by atoms with Crippen molar-refractivity contribution in [3.05, 3.63) is 17.0 Å². The molecule has 1 aromatic heterocycles. The molecule has 1 atom stereocenters. The minimum Gasteiger partial charge on any atom is -0.268 e. The number of alkyl halides is 1. The first kappa shape index (κ1) is 15.5. The van der Waals surface area contributed by atoms with E-state index in [1.54, 1.807) is 18.5 Å². The molecule has 0 radical (unpaired) electrons. The van der Waals surface area contributed by atoms with Gasteiger partial charge in [-0.3, -0.25) is 4.68 Å². The average molecular weight is 293 g/mol. The van der Waals surface area contributed by atoms with E-state index in [2.05, 4.69) is 5.10 Å². The quantitative estimate of drug-likeness (QED) is 0.784. The lowest BCUT2D eigenvalue weighted by Crippen LogP contribution is -2.22. The topological polar surface area (TPSA) is 52.0 Å². The summed E-state index contributed by atoms with van der Waals surface area (Å²) >= 11 is 6.10. The Morgan fingerprint density at radius 3 is 2.22 bits per heavy atom. The summed E-state index contributed by atoms with van der Waals surface area (Å²) in [7, 11) is -3.03. The highest BCUT2D eigenvalue weighted by Gasteiger charge is 2.19. The van der Waals surface area contributed by atoms with Crippen molar-refractivity contribution in [1.29, 1.82) is 0 Å². The predicted molar refractivity (Wildman–Crippen MR) is 74.9 cm³/mol. The van der Waals surface area contributed by atoms with Crippen molar-refractivity contribution in [3.63, 3.8) is 0 Å². The van der Waals surface area contributed by atoms with Crippen LogP contribution in [-0.2, 0) is 16.4 Å². The molecule has 0 aromatic carbocycles. The summed E-state index contributed by atoms with van der Waals surface area (Å²) < 4.78 is 25.3. The Bertz CT molecular complexity index is 518. The SMILES string of the molecule is Cc1nn(CCS(=O)(=O)C(C)C)c(C)c1C(C)Cl. The van der Waals surface area contributed by atoms with Gasteiger partial charge in [0, 0.05) is 11.3 Å². The molecule has 104 valence electrons. The van der Waals surface area contributed by atoms with Gasteiger partial charge in [0.2, 0.25) is 0 Å². The van der Waals surface area contributed by atoms with E-state index in [0.29, 0.717) is 6.54 Å². The molecule has 1 rings (SSSR count). The molecule has 0 amide bonds. The second-order valence-corrected chi connectivity index (χ2v) is 8.17. The Morgan fingerprint density at radius 1 is 1.28 bits per heavy atom. The van der Waals surface area contributed by atoms with Gasteiger partial charge < -0.3 is 0 Å². The number of halogens is 1. The van der Waals surface area contributed by atoms with Crippen LogP contribution in [0.4, 0.5) is 0 Å². The fraction of sp³-hybridized carbons (Fsp3) is 0.750.